The Labute approximate surface area is 203 Å². The minimum Gasteiger partial charge on any atom is -0.467 e. The Hall–Kier alpha value is -4.14. The minimum absolute atomic E-state index is 0.345. The highest BCUT2D eigenvalue weighted by Gasteiger charge is 2.22. The largest absolute Gasteiger partial charge is 0.467 e. The van der Waals surface area contributed by atoms with Gasteiger partial charge in [-0.15, -0.1) is 0 Å². The van der Waals surface area contributed by atoms with Gasteiger partial charge < -0.3 is 20.8 Å². The molecule has 0 bridgehead atoms. The number of carbonyl (C=O) groups is 1. The van der Waals surface area contributed by atoms with Crippen molar-refractivity contribution in [1.82, 2.24) is 19.7 Å². The fourth-order valence-electron chi connectivity index (χ4n) is 4.40. The average molecular weight is 472 g/mol. The fraction of sp³-hybridized carbons (Fsp3) is 0.308. The standard InChI is InChI=1S/C26H29N7O2/c1-16-6-7-23-22(8-16)25(32-26(31-23)29-13-21-10-19(15-35-21)24(27)34)28-11-17-4-3-5-18(9-17)20-12-30-33(2)14-20/h3-5,9-10,12,14-16H,6-8,11,13H2,1-2H3,(H2,27,34)(H2,28,29,31,32). The molecule has 180 valence electrons. The topological polar surface area (TPSA) is 124 Å². The van der Waals surface area contributed by atoms with E-state index in [9.17, 15) is 4.79 Å². The zero-order valence-electron chi connectivity index (χ0n) is 19.9. The van der Waals surface area contributed by atoms with Crippen LogP contribution in [0.25, 0.3) is 11.1 Å². The highest BCUT2D eigenvalue weighted by molar-refractivity contribution is 5.92. The molecule has 9 nitrogen and oxygen atoms in total. The van der Waals surface area contributed by atoms with Crippen molar-refractivity contribution < 1.29 is 9.21 Å². The molecule has 0 fully saturated rings. The Kier molecular flexibility index (Phi) is 6.22. The van der Waals surface area contributed by atoms with Crippen molar-refractivity contribution >= 4 is 17.7 Å². The Balaban J connectivity index is 1.35. The van der Waals surface area contributed by atoms with Gasteiger partial charge in [0.2, 0.25) is 5.95 Å². The number of amides is 1. The Bertz CT molecular complexity index is 1360. The molecule has 9 heteroatoms. The second kappa shape index (κ2) is 9.61. The molecular formula is C26H29N7O2. The maximum Gasteiger partial charge on any atom is 0.251 e. The van der Waals surface area contributed by atoms with Gasteiger partial charge in [0.1, 0.15) is 17.8 Å². The second-order valence-electron chi connectivity index (χ2n) is 9.15. The predicted molar refractivity (Wildman–Crippen MR) is 134 cm³/mol. The SMILES string of the molecule is CC1CCc2nc(NCc3cc(C(N)=O)co3)nc(NCc3cccc(-c4cnn(C)c4)c3)c2C1. The van der Waals surface area contributed by atoms with Gasteiger partial charge in [-0.25, -0.2) is 4.98 Å². The number of benzene rings is 1. The van der Waals surface area contributed by atoms with Crippen LogP contribution in [0.3, 0.4) is 0 Å². The molecular weight excluding hydrogens is 442 g/mol. The Morgan fingerprint density at radius 3 is 2.86 bits per heavy atom. The van der Waals surface area contributed by atoms with E-state index < -0.39 is 5.91 Å². The predicted octanol–water partition coefficient (Wildman–Crippen LogP) is 3.92. The molecule has 0 aliphatic heterocycles. The number of carbonyl (C=O) groups excluding carboxylic acids is 1. The number of nitrogens with one attached hydrogen (secondary N) is 2. The van der Waals surface area contributed by atoms with Crippen LogP contribution in [-0.2, 0) is 33.0 Å². The first-order valence-electron chi connectivity index (χ1n) is 11.8. The zero-order valence-corrected chi connectivity index (χ0v) is 19.9. The summed E-state index contributed by atoms with van der Waals surface area (Å²) in [6.07, 6.45) is 8.23. The molecule has 1 aliphatic carbocycles. The number of hydrogen-bond donors (Lipinski definition) is 3. The van der Waals surface area contributed by atoms with Crippen LogP contribution >= 0.6 is 0 Å². The summed E-state index contributed by atoms with van der Waals surface area (Å²) >= 11 is 0. The molecule has 0 saturated carbocycles. The minimum atomic E-state index is -0.516. The zero-order chi connectivity index (χ0) is 24.4. The van der Waals surface area contributed by atoms with Crippen LogP contribution in [0.4, 0.5) is 11.8 Å². The third kappa shape index (κ3) is 5.18. The summed E-state index contributed by atoms with van der Waals surface area (Å²) < 4.78 is 7.22. The number of furan rings is 1. The summed E-state index contributed by atoms with van der Waals surface area (Å²) in [5.74, 6) is 2.05. The van der Waals surface area contributed by atoms with Crippen molar-refractivity contribution in [2.24, 2.45) is 18.7 Å². The molecule has 3 aromatic heterocycles. The molecule has 4 aromatic rings. The Morgan fingerprint density at radius 2 is 2.09 bits per heavy atom. The van der Waals surface area contributed by atoms with Gasteiger partial charge in [-0.3, -0.25) is 9.48 Å². The van der Waals surface area contributed by atoms with Gasteiger partial charge in [0, 0.05) is 30.9 Å². The normalized spacial score (nSPS) is 15.0. The van der Waals surface area contributed by atoms with Crippen molar-refractivity contribution in [2.45, 2.75) is 39.3 Å². The lowest BCUT2D eigenvalue weighted by Crippen LogP contribution is -2.19. The summed E-state index contributed by atoms with van der Waals surface area (Å²) in [4.78, 5) is 20.9. The van der Waals surface area contributed by atoms with E-state index in [4.69, 9.17) is 20.1 Å². The molecule has 4 N–H and O–H groups in total. The lowest BCUT2D eigenvalue weighted by molar-refractivity contribution is 0.0999. The summed E-state index contributed by atoms with van der Waals surface area (Å²) in [5.41, 5.74) is 11.3. The molecule has 0 saturated heterocycles. The van der Waals surface area contributed by atoms with E-state index >= 15 is 0 Å². The lowest BCUT2D eigenvalue weighted by Gasteiger charge is -2.24. The quantitative estimate of drug-likeness (QED) is 0.356. The maximum absolute atomic E-state index is 11.3. The molecule has 0 radical (unpaired) electrons. The molecule has 35 heavy (non-hydrogen) atoms. The number of nitrogens with two attached hydrogens (primary N) is 1. The molecule has 3 heterocycles. The molecule has 1 atom stereocenters. The molecule has 1 amide bonds. The number of nitrogens with zero attached hydrogens (tertiary/aromatic N) is 4. The number of anilines is 2. The van der Waals surface area contributed by atoms with Crippen LogP contribution in [0.2, 0.25) is 0 Å². The maximum atomic E-state index is 11.3. The van der Waals surface area contributed by atoms with Gasteiger partial charge >= 0.3 is 0 Å². The summed E-state index contributed by atoms with van der Waals surface area (Å²) in [6, 6.07) is 10.1. The molecule has 1 aromatic carbocycles. The van der Waals surface area contributed by atoms with E-state index in [1.807, 2.05) is 19.4 Å². The number of fused-ring (bicyclic) bond motifs is 1. The Morgan fingerprint density at radius 1 is 1.20 bits per heavy atom. The first kappa shape index (κ1) is 22.6. The van der Waals surface area contributed by atoms with E-state index in [2.05, 4.69) is 46.9 Å². The number of hydrogen-bond acceptors (Lipinski definition) is 7. The van der Waals surface area contributed by atoms with Gasteiger partial charge in [-0.05, 0) is 48.4 Å². The number of primary amides is 1. The molecule has 5 rings (SSSR count). The highest BCUT2D eigenvalue weighted by atomic mass is 16.3. The van der Waals surface area contributed by atoms with Crippen LogP contribution in [0.1, 0.15) is 46.3 Å². The molecule has 1 aliphatic rings. The van der Waals surface area contributed by atoms with Crippen molar-refractivity contribution in [1.29, 1.82) is 0 Å². The van der Waals surface area contributed by atoms with E-state index in [1.54, 1.807) is 10.7 Å². The third-order valence-corrected chi connectivity index (χ3v) is 6.30. The van der Waals surface area contributed by atoms with E-state index in [0.717, 1.165) is 47.5 Å². The number of rotatable bonds is 8. The van der Waals surface area contributed by atoms with Crippen LogP contribution in [0.15, 0.2) is 53.4 Å². The first-order chi connectivity index (χ1) is 16.9. The first-order valence-corrected chi connectivity index (χ1v) is 11.8. The molecule has 0 spiro atoms. The second-order valence-corrected chi connectivity index (χ2v) is 9.15. The van der Waals surface area contributed by atoms with Crippen LogP contribution in [0, 0.1) is 5.92 Å². The van der Waals surface area contributed by atoms with Crippen molar-refractivity contribution in [3.63, 3.8) is 0 Å². The van der Waals surface area contributed by atoms with Crippen molar-refractivity contribution in [2.75, 3.05) is 10.6 Å². The van der Waals surface area contributed by atoms with E-state index in [0.29, 0.717) is 36.3 Å². The number of aromatic nitrogens is 4. The molecule has 1 unspecified atom stereocenters. The summed E-state index contributed by atoms with van der Waals surface area (Å²) in [6.45, 7) is 3.27. The lowest BCUT2D eigenvalue weighted by atomic mass is 9.88. The fourth-order valence-corrected chi connectivity index (χ4v) is 4.40. The van der Waals surface area contributed by atoms with E-state index in [-0.39, 0.29) is 0 Å². The van der Waals surface area contributed by atoms with Crippen molar-refractivity contribution in [3.05, 3.63) is 77.1 Å². The van der Waals surface area contributed by atoms with Crippen molar-refractivity contribution in [3.8, 4) is 11.1 Å². The smallest absolute Gasteiger partial charge is 0.251 e. The van der Waals surface area contributed by atoms with Gasteiger partial charge in [0.05, 0.1) is 24.0 Å². The monoisotopic (exact) mass is 471 g/mol. The van der Waals surface area contributed by atoms with Gasteiger partial charge in [-0.2, -0.15) is 10.1 Å². The van der Waals surface area contributed by atoms with Gasteiger partial charge in [0.25, 0.3) is 5.91 Å². The third-order valence-electron chi connectivity index (χ3n) is 6.30. The van der Waals surface area contributed by atoms with Crippen LogP contribution in [0.5, 0.6) is 0 Å². The number of aryl methyl sites for hydroxylation is 2. The summed E-state index contributed by atoms with van der Waals surface area (Å²) in [5, 5.41) is 11.1. The summed E-state index contributed by atoms with van der Waals surface area (Å²) in [7, 11) is 1.92. The highest BCUT2D eigenvalue weighted by Crippen LogP contribution is 2.30. The van der Waals surface area contributed by atoms with Crippen LogP contribution in [-0.4, -0.2) is 25.7 Å². The van der Waals surface area contributed by atoms with E-state index in [1.165, 1.54) is 11.8 Å². The van der Waals surface area contributed by atoms with Crippen LogP contribution < -0.4 is 16.4 Å². The van der Waals surface area contributed by atoms with Gasteiger partial charge in [0.15, 0.2) is 0 Å². The average Bonchev–Trinajstić information content (AvgIpc) is 3.51. The van der Waals surface area contributed by atoms with Gasteiger partial charge in [-0.1, -0.05) is 25.1 Å².